The van der Waals surface area contributed by atoms with E-state index in [9.17, 15) is 4.79 Å². The minimum atomic E-state index is -0.265. The Hall–Kier alpha value is -3.27. The molecule has 1 aliphatic heterocycles. The molecule has 1 amide bonds. The lowest BCUT2D eigenvalue weighted by Gasteiger charge is -2.11. The molecule has 3 aromatic carbocycles. The van der Waals surface area contributed by atoms with Crippen LogP contribution in [0.25, 0.3) is 0 Å². The number of nitrogens with one attached hydrogen (secondary N) is 2. The molecule has 0 aromatic heterocycles. The van der Waals surface area contributed by atoms with E-state index in [4.69, 9.17) is 4.74 Å². The lowest BCUT2D eigenvalue weighted by atomic mass is 10.0. The van der Waals surface area contributed by atoms with Crippen LogP contribution in [0.15, 0.2) is 78.9 Å². The summed E-state index contributed by atoms with van der Waals surface area (Å²) < 4.78 is 5.58. The van der Waals surface area contributed by atoms with E-state index in [1.807, 2.05) is 78.9 Å². The summed E-state index contributed by atoms with van der Waals surface area (Å²) >= 11 is 0. The van der Waals surface area contributed by atoms with E-state index in [0.717, 1.165) is 28.4 Å². The number of carbonyl (C=O) groups is 1. The van der Waals surface area contributed by atoms with Gasteiger partial charge in [0.25, 0.3) is 0 Å². The van der Waals surface area contributed by atoms with Crippen molar-refractivity contribution in [2.24, 2.45) is 0 Å². The Labute approximate surface area is 146 Å². The predicted molar refractivity (Wildman–Crippen MR) is 99.5 cm³/mol. The smallest absolute Gasteiger partial charge is 0.235 e. The number of hydrogen-bond acceptors (Lipinski definition) is 3. The molecular weight excluding hydrogens is 312 g/mol. The zero-order chi connectivity index (χ0) is 17.1. The van der Waals surface area contributed by atoms with Gasteiger partial charge in [-0.2, -0.15) is 0 Å². The highest BCUT2D eigenvalue weighted by molar-refractivity contribution is 5.97. The van der Waals surface area contributed by atoms with Crippen molar-refractivity contribution in [1.29, 1.82) is 0 Å². The van der Waals surface area contributed by atoms with Crippen LogP contribution in [0.3, 0.4) is 0 Å². The van der Waals surface area contributed by atoms with Crippen LogP contribution in [-0.4, -0.2) is 12.5 Å². The molecule has 0 unspecified atom stereocenters. The molecule has 0 fully saturated rings. The van der Waals surface area contributed by atoms with Gasteiger partial charge in [-0.05, 0) is 42.5 Å². The second-order valence-electron chi connectivity index (χ2n) is 5.96. The highest BCUT2D eigenvalue weighted by Gasteiger charge is 2.29. The molecule has 25 heavy (non-hydrogen) atoms. The standard InChI is InChI=1S/C21H18N2O2/c24-21(19-14-25-20-9-5-4-8-18(19)20)23-17-12-10-16(11-13-17)22-15-6-2-1-3-7-15/h1-13,19,22H,14H2,(H,23,24)/t19-/m1/s1. The zero-order valence-electron chi connectivity index (χ0n) is 13.6. The summed E-state index contributed by atoms with van der Waals surface area (Å²) in [6, 6.07) is 25.3. The fourth-order valence-corrected chi connectivity index (χ4v) is 2.93. The van der Waals surface area contributed by atoms with Crippen molar-refractivity contribution in [2.75, 3.05) is 17.2 Å². The van der Waals surface area contributed by atoms with Gasteiger partial charge < -0.3 is 15.4 Å². The van der Waals surface area contributed by atoms with E-state index in [1.54, 1.807) is 0 Å². The maximum atomic E-state index is 12.5. The monoisotopic (exact) mass is 330 g/mol. The summed E-state index contributed by atoms with van der Waals surface area (Å²) in [5, 5.41) is 6.29. The maximum Gasteiger partial charge on any atom is 0.235 e. The third-order valence-electron chi connectivity index (χ3n) is 4.23. The second-order valence-corrected chi connectivity index (χ2v) is 5.96. The number of anilines is 3. The minimum absolute atomic E-state index is 0.0475. The first-order valence-electron chi connectivity index (χ1n) is 8.24. The van der Waals surface area contributed by atoms with E-state index < -0.39 is 0 Å². The van der Waals surface area contributed by atoms with Gasteiger partial charge in [0, 0.05) is 22.6 Å². The van der Waals surface area contributed by atoms with Crippen molar-refractivity contribution < 1.29 is 9.53 Å². The molecule has 1 aliphatic rings. The Morgan fingerprint density at radius 2 is 1.44 bits per heavy atom. The number of rotatable bonds is 4. The van der Waals surface area contributed by atoms with Gasteiger partial charge in [-0.1, -0.05) is 36.4 Å². The van der Waals surface area contributed by atoms with Crippen LogP contribution in [0.2, 0.25) is 0 Å². The minimum Gasteiger partial charge on any atom is -0.492 e. The molecule has 4 rings (SSSR count). The first-order valence-corrected chi connectivity index (χ1v) is 8.24. The highest BCUT2D eigenvalue weighted by atomic mass is 16.5. The Kier molecular flexibility index (Phi) is 4.09. The SMILES string of the molecule is O=C(Nc1ccc(Nc2ccccc2)cc1)[C@@H]1COc2ccccc21. The molecule has 0 radical (unpaired) electrons. The number of fused-ring (bicyclic) bond motifs is 1. The van der Waals surface area contributed by atoms with Gasteiger partial charge in [0.2, 0.25) is 5.91 Å². The van der Waals surface area contributed by atoms with Gasteiger partial charge in [0.1, 0.15) is 18.3 Å². The molecule has 4 heteroatoms. The number of amides is 1. The molecule has 1 atom stereocenters. The predicted octanol–water partition coefficient (Wildman–Crippen LogP) is 4.54. The summed E-state index contributed by atoms with van der Waals surface area (Å²) in [5.74, 6) is 0.483. The average molecular weight is 330 g/mol. The molecule has 1 heterocycles. The van der Waals surface area contributed by atoms with Crippen molar-refractivity contribution in [3.05, 3.63) is 84.4 Å². The quantitative estimate of drug-likeness (QED) is 0.738. The van der Waals surface area contributed by atoms with Crippen molar-refractivity contribution in [2.45, 2.75) is 5.92 Å². The van der Waals surface area contributed by atoms with Gasteiger partial charge >= 0.3 is 0 Å². The molecule has 0 spiro atoms. The third kappa shape index (κ3) is 3.33. The Morgan fingerprint density at radius 1 is 0.800 bits per heavy atom. The van der Waals surface area contributed by atoms with Gasteiger partial charge in [0.15, 0.2) is 0 Å². The Bertz CT molecular complexity index is 876. The molecule has 0 bridgehead atoms. The van der Waals surface area contributed by atoms with Gasteiger partial charge in [0.05, 0.1) is 0 Å². The van der Waals surface area contributed by atoms with E-state index >= 15 is 0 Å². The van der Waals surface area contributed by atoms with Crippen LogP contribution >= 0.6 is 0 Å². The van der Waals surface area contributed by atoms with E-state index in [0.29, 0.717) is 6.61 Å². The fraction of sp³-hybridized carbons (Fsp3) is 0.0952. The van der Waals surface area contributed by atoms with Gasteiger partial charge in [-0.3, -0.25) is 4.79 Å². The summed E-state index contributed by atoms with van der Waals surface area (Å²) in [7, 11) is 0. The molecule has 3 aromatic rings. The molecule has 4 nitrogen and oxygen atoms in total. The number of hydrogen-bond donors (Lipinski definition) is 2. The van der Waals surface area contributed by atoms with Gasteiger partial charge in [-0.25, -0.2) is 0 Å². The van der Waals surface area contributed by atoms with Crippen LogP contribution in [0, 0.1) is 0 Å². The molecule has 0 aliphatic carbocycles. The van der Waals surface area contributed by atoms with Crippen molar-refractivity contribution in [3.8, 4) is 5.75 Å². The largest absolute Gasteiger partial charge is 0.492 e. The summed E-state index contributed by atoms with van der Waals surface area (Å²) in [6.07, 6.45) is 0. The number of benzene rings is 3. The summed E-state index contributed by atoms with van der Waals surface area (Å²) in [6.45, 7) is 0.388. The van der Waals surface area contributed by atoms with E-state index in [2.05, 4.69) is 10.6 Å². The van der Waals surface area contributed by atoms with E-state index in [-0.39, 0.29) is 11.8 Å². The Balaban J connectivity index is 1.42. The summed E-state index contributed by atoms with van der Waals surface area (Å²) in [4.78, 5) is 12.5. The molecule has 0 saturated heterocycles. The van der Waals surface area contributed by atoms with Crippen LogP contribution in [0.5, 0.6) is 5.75 Å². The average Bonchev–Trinajstić information content (AvgIpc) is 3.08. The van der Waals surface area contributed by atoms with E-state index in [1.165, 1.54) is 0 Å². The van der Waals surface area contributed by atoms with Gasteiger partial charge in [-0.15, -0.1) is 0 Å². The topological polar surface area (TPSA) is 50.4 Å². The Morgan fingerprint density at radius 3 is 2.24 bits per heavy atom. The third-order valence-corrected chi connectivity index (χ3v) is 4.23. The molecular formula is C21H18N2O2. The zero-order valence-corrected chi connectivity index (χ0v) is 13.6. The number of ether oxygens (including phenoxy) is 1. The maximum absolute atomic E-state index is 12.5. The molecule has 124 valence electrons. The second kappa shape index (κ2) is 6.69. The summed E-state index contributed by atoms with van der Waals surface area (Å²) in [5.41, 5.74) is 3.72. The van der Waals surface area contributed by atoms with Crippen LogP contribution in [0.4, 0.5) is 17.1 Å². The van der Waals surface area contributed by atoms with Crippen LogP contribution < -0.4 is 15.4 Å². The molecule has 2 N–H and O–H groups in total. The van der Waals surface area contributed by atoms with Crippen molar-refractivity contribution >= 4 is 23.0 Å². The first kappa shape index (κ1) is 15.3. The number of para-hydroxylation sites is 2. The van der Waals surface area contributed by atoms with Crippen molar-refractivity contribution in [3.63, 3.8) is 0 Å². The normalized spacial score (nSPS) is 15.1. The molecule has 0 saturated carbocycles. The fourth-order valence-electron chi connectivity index (χ4n) is 2.93. The lowest BCUT2D eigenvalue weighted by molar-refractivity contribution is -0.117. The first-order chi connectivity index (χ1) is 12.3. The van der Waals surface area contributed by atoms with Crippen LogP contribution in [0.1, 0.15) is 11.5 Å². The van der Waals surface area contributed by atoms with Crippen molar-refractivity contribution in [1.82, 2.24) is 0 Å². The highest BCUT2D eigenvalue weighted by Crippen LogP contribution is 2.34. The number of carbonyl (C=O) groups excluding carboxylic acids is 1. The van der Waals surface area contributed by atoms with Crippen LogP contribution in [-0.2, 0) is 4.79 Å². The lowest BCUT2D eigenvalue weighted by Crippen LogP contribution is -2.22.